The van der Waals surface area contributed by atoms with Crippen LogP contribution >= 0.6 is 7.92 Å². The van der Waals surface area contributed by atoms with Crippen molar-refractivity contribution >= 4 is 19.2 Å². The number of allylic oxidation sites excluding steroid dienone is 4. The number of rotatable bonds is 2. The molecule has 0 N–H and O–H groups in total. The van der Waals surface area contributed by atoms with Gasteiger partial charge in [-0.25, -0.2) is 0 Å². The van der Waals surface area contributed by atoms with Gasteiger partial charge in [0.25, 0.3) is 0 Å². The van der Waals surface area contributed by atoms with E-state index in [0.717, 1.165) is 11.1 Å². The molecule has 3 heteroatoms. The second-order valence-corrected chi connectivity index (χ2v) is 6.04. The van der Waals surface area contributed by atoms with Crippen LogP contribution in [0.25, 0.3) is 0 Å². The zero-order valence-corrected chi connectivity index (χ0v) is 9.94. The lowest BCUT2D eigenvalue weighted by atomic mass is 9.93. The maximum absolute atomic E-state index is 11.7. The predicted octanol–water partition coefficient (Wildman–Crippen LogP) is 2.49. The molecule has 1 rings (SSSR count). The van der Waals surface area contributed by atoms with Crippen LogP contribution in [0.1, 0.15) is 20.3 Å². The van der Waals surface area contributed by atoms with Crippen LogP contribution < -0.4 is 0 Å². The minimum Gasteiger partial charge on any atom is -0.294 e. The summed E-state index contributed by atoms with van der Waals surface area (Å²) >= 11 is 0. The summed E-state index contributed by atoms with van der Waals surface area (Å²) in [6.45, 7) is 7.53. The van der Waals surface area contributed by atoms with Crippen LogP contribution in [0.3, 0.4) is 0 Å². The molecule has 1 aliphatic carbocycles. The number of hydrogen-bond acceptors (Lipinski definition) is 2. The van der Waals surface area contributed by atoms with E-state index in [9.17, 15) is 9.59 Å². The second-order valence-electron chi connectivity index (χ2n) is 3.85. The first-order chi connectivity index (χ1) is 6.43. The van der Waals surface area contributed by atoms with Gasteiger partial charge in [0.15, 0.2) is 11.3 Å². The monoisotopic (exact) mass is 210 g/mol. The maximum Gasteiger partial charge on any atom is 0.187 e. The molecule has 76 valence electrons. The van der Waals surface area contributed by atoms with Gasteiger partial charge in [0.05, 0.1) is 5.57 Å². The van der Waals surface area contributed by atoms with Gasteiger partial charge in [-0.1, -0.05) is 11.6 Å². The van der Waals surface area contributed by atoms with Gasteiger partial charge in [0.2, 0.25) is 0 Å². The highest BCUT2D eigenvalue weighted by molar-refractivity contribution is 7.74. The number of carbonyl (C=O) groups is 2. The molecule has 0 aromatic rings. The van der Waals surface area contributed by atoms with E-state index < -0.39 is 7.92 Å². The molecule has 0 heterocycles. The molecular formula is C11H15O2P. The summed E-state index contributed by atoms with van der Waals surface area (Å²) in [6.07, 6.45) is 2.34. The van der Waals surface area contributed by atoms with Crippen molar-refractivity contribution in [1.82, 2.24) is 0 Å². The molecule has 0 unspecified atom stereocenters. The molecule has 0 saturated heterocycles. The Morgan fingerprint density at radius 2 is 1.93 bits per heavy atom. The van der Waals surface area contributed by atoms with Crippen LogP contribution in [0.2, 0.25) is 0 Å². The van der Waals surface area contributed by atoms with Crippen molar-refractivity contribution in [3.05, 3.63) is 22.8 Å². The minimum atomic E-state index is -0.699. The molecule has 0 saturated carbocycles. The van der Waals surface area contributed by atoms with Crippen molar-refractivity contribution < 1.29 is 9.59 Å². The normalized spacial score (nSPS) is 17.5. The molecule has 0 aromatic carbocycles. The molecule has 0 amide bonds. The van der Waals surface area contributed by atoms with Gasteiger partial charge >= 0.3 is 0 Å². The van der Waals surface area contributed by atoms with Crippen molar-refractivity contribution in [2.75, 3.05) is 13.3 Å². The lowest BCUT2D eigenvalue weighted by Gasteiger charge is -2.15. The summed E-state index contributed by atoms with van der Waals surface area (Å²) in [7, 11) is -0.699. The van der Waals surface area contributed by atoms with Crippen molar-refractivity contribution in [2.45, 2.75) is 20.3 Å². The zero-order valence-electron chi connectivity index (χ0n) is 9.05. The summed E-state index contributed by atoms with van der Waals surface area (Å²) in [4.78, 5) is 23.4. The Kier molecular flexibility index (Phi) is 3.38. The molecule has 0 bridgehead atoms. The summed E-state index contributed by atoms with van der Waals surface area (Å²) < 4.78 is 0. The Labute approximate surface area is 85.8 Å². The van der Waals surface area contributed by atoms with Gasteiger partial charge in [-0.15, -0.1) is 0 Å². The van der Waals surface area contributed by atoms with Crippen molar-refractivity contribution in [3.8, 4) is 0 Å². The van der Waals surface area contributed by atoms with E-state index in [1.807, 2.05) is 33.3 Å². The summed E-state index contributed by atoms with van der Waals surface area (Å²) in [5.74, 6) is -0.0105. The summed E-state index contributed by atoms with van der Waals surface area (Å²) in [6, 6.07) is 0. The second kappa shape index (κ2) is 4.18. The van der Waals surface area contributed by atoms with E-state index in [1.165, 1.54) is 0 Å². The first-order valence-corrected chi connectivity index (χ1v) is 6.80. The Balaban J connectivity index is 3.13. The van der Waals surface area contributed by atoms with E-state index in [2.05, 4.69) is 0 Å². The number of hydrogen-bond donors (Lipinski definition) is 0. The average molecular weight is 210 g/mol. The fourth-order valence-corrected chi connectivity index (χ4v) is 2.31. The van der Waals surface area contributed by atoms with Crippen molar-refractivity contribution in [3.63, 3.8) is 0 Å². The highest BCUT2D eigenvalue weighted by Crippen LogP contribution is 2.34. The quantitative estimate of drug-likeness (QED) is 0.518. The lowest BCUT2D eigenvalue weighted by Crippen LogP contribution is -2.16. The largest absolute Gasteiger partial charge is 0.294 e. The van der Waals surface area contributed by atoms with E-state index >= 15 is 0 Å². The highest BCUT2D eigenvalue weighted by atomic mass is 31.1. The van der Waals surface area contributed by atoms with Crippen LogP contribution in [0.4, 0.5) is 0 Å². The first-order valence-electron chi connectivity index (χ1n) is 4.56. The smallest absolute Gasteiger partial charge is 0.187 e. The lowest BCUT2D eigenvalue weighted by molar-refractivity contribution is -0.118. The topological polar surface area (TPSA) is 34.1 Å². The van der Waals surface area contributed by atoms with Crippen LogP contribution in [0, 0.1) is 0 Å². The molecule has 1 aliphatic rings. The molecule has 0 spiro atoms. The van der Waals surface area contributed by atoms with Gasteiger partial charge in [-0.05, 0) is 40.7 Å². The molecule has 2 nitrogen and oxygen atoms in total. The van der Waals surface area contributed by atoms with Crippen molar-refractivity contribution in [2.24, 2.45) is 0 Å². The van der Waals surface area contributed by atoms with Gasteiger partial charge in [0, 0.05) is 6.42 Å². The molecule has 0 radical (unpaired) electrons. The number of carbonyl (C=O) groups excluding carboxylic acids is 2. The number of ketones is 1. The molecule has 0 atom stereocenters. The van der Waals surface area contributed by atoms with E-state index in [1.54, 1.807) is 0 Å². The fraction of sp³-hybridized carbons (Fsp3) is 0.455. The van der Waals surface area contributed by atoms with Crippen molar-refractivity contribution in [1.29, 1.82) is 0 Å². The molecule has 14 heavy (non-hydrogen) atoms. The minimum absolute atomic E-state index is 0.0105. The third kappa shape index (κ3) is 2.19. The van der Waals surface area contributed by atoms with Gasteiger partial charge in [0.1, 0.15) is 0 Å². The Morgan fingerprint density at radius 1 is 1.36 bits per heavy atom. The van der Waals surface area contributed by atoms with Gasteiger partial charge in [-0.2, -0.15) is 0 Å². The third-order valence-electron chi connectivity index (χ3n) is 2.20. The SMILES string of the molecule is CC1=CC(C)=C(C(=O)P(C)C)C(=O)C1. The van der Waals surface area contributed by atoms with E-state index in [0.29, 0.717) is 12.0 Å². The highest BCUT2D eigenvalue weighted by Gasteiger charge is 2.25. The van der Waals surface area contributed by atoms with Gasteiger partial charge < -0.3 is 0 Å². The predicted molar refractivity (Wildman–Crippen MR) is 59.9 cm³/mol. The van der Waals surface area contributed by atoms with E-state index in [-0.39, 0.29) is 11.3 Å². The fourth-order valence-electron chi connectivity index (χ4n) is 1.57. The van der Waals surface area contributed by atoms with Gasteiger partial charge in [-0.3, -0.25) is 9.59 Å². The van der Waals surface area contributed by atoms with Crippen LogP contribution in [-0.2, 0) is 9.59 Å². The molecule has 0 aliphatic heterocycles. The zero-order chi connectivity index (χ0) is 10.9. The average Bonchev–Trinajstić information content (AvgIpc) is 2.01. The number of Topliss-reactive ketones (excluding diaryl/α,β-unsaturated/α-hetero) is 1. The maximum atomic E-state index is 11.7. The van der Waals surface area contributed by atoms with Crippen LogP contribution in [0.5, 0.6) is 0 Å². The molecular weight excluding hydrogens is 195 g/mol. The molecule has 0 aromatic heterocycles. The summed E-state index contributed by atoms with van der Waals surface area (Å²) in [5.41, 5.74) is 2.35. The Morgan fingerprint density at radius 3 is 2.36 bits per heavy atom. The van der Waals surface area contributed by atoms with E-state index in [4.69, 9.17) is 0 Å². The standard InChI is InChI=1S/C11H15O2P/c1-7-5-8(2)10(9(12)6-7)11(13)14(3)4/h5H,6H2,1-4H3. The first kappa shape index (κ1) is 11.3. The Bertz CT molecular complexity index is 348. The molecule has 0 fully saturated rings. The third-order valence-corrected chi connectivity index (χ3v) is 3.23. The Hall–Kier alpha value is -0.750. The van der Waals surface area contributed by atoms with Crippen LogP contribution in [-0.4, -0.2) is 24.6 Å². The summed E-state index contributed by atoms with van der Waals surface area (Å²) in [5, 5.41) is 0. The van der Waals surface area contributed by atoms with Crippen LogP contribution in [0.15, 0.2) is 22.8 Å².